The number of allylic oxidation sites excluding steroid dienone is 1. The van der Waals surface area contributed by atoms with Crippen LogP contribution in [-0.4, -0.2) is 79.1 Å². The van der Waals surface area contributed by atoms with Crippen LogP contribution >= 0.6 is 11.3 Å². The van der Waals surface area contributed by atoms with Gasteiger partial charge in [0.2, 0.25) is 21.8 Å². The van der Waals surface area contributed by atoms with Crippen LogP contribution in [0.1, 0.15) is 79.2 Å². The Kier molecular flexibility index (Phi) is 9.55. The Hall–Kier alpha value is -5.08. The molecule has 3 aliphatic carbocycles. The van der Waals surface area contributed by atoms with Gasteiger partial charge < -0.3 is 19.8 Å². The highest BCUT2D eigenvalue weighted by Crippen LogP contribution is 2.57. The second-order valence-electron chi connectivity index (χ2n) is 16.4. The summed E-state index contributed by atoms with van der Waals surface area (Å²) in [4.78, 5) is 64.9. The van der Waals surface area contributed by atoms with Crippen molar-refractivity contribution in [2.75, 3.05) is 13.2 Å². The lowest BCUT2D eigenvalue weighted by molar-refractivity contribution is -0.142. The summed E-state index contributed by atoms with van der Waals surface area (Å²) in [6.45, 7) is 9.58. The first-order valence-corrected chi connectivity index (χ1v) is 21.3. The Morgan fingerprint density at radius 2 is 1.84 bits per heavy atom. The minimum Gasteiger partial charge on any atom is -0.490 e. The number of sulfonamides is 1. The molecule has 3 fully saturated rings. The number of benzene rings is 2. The number of thiophene rings is 1. The lowest BCUT2D eigenvalue weighted by atomic mass is 9.85. The van der Waals surface area contributed by atoms with Crippen molar-refractivity contribution in [3.8, 4) is 16.9 Å². The zero-order valence-electron chi connectivity index (χ0n) is 31.4. The fourth-order valence-corrected chi connectivity index (χ4v) is 10.2. The monoisotopic (exact) mass is 796 g/mol. The molecule has 1 saturated heterocycles. The molecule has 4 bridgehead atoms. The highest BCUT2D eigenvalue weighted by Gasteiger charge is 2.61. The van der Waals surface area contributed by atoms with Crippen LogP contribution in [0.4, 0.5) is 0 Å². The van der Waals surface area contributed by atoms with E-state index in [1.807, 2.05) is 86.8 Å². The molecular formula is C42H44N4O8S2. The normalized spacial score (nSPS) is 27.4. The molecule has 2 saturated carbocycles. The van der Waals surface area contributed by atoms with Crippen molar-refractivity contribution in [2.45, 2.75) is 76.3 Å². The summed E-state index contributed by atoms with van der Waals surface area (Å²) in [5.74, 6) is -1.85. The summed E-state index contributed by atoms with van der Waals surface area (Å²) in [5, 5.41) is 8.84. The van der Waals surface area contributed by atoms with Crippen molar-refractivity contribution in [2.24, 2.45) is 21.9 Å². The molecule has 56 heavy (non-hydrogen) atoms. The Bertz CT molecular complexity index is 2320. The SMILES string of the molecule is C=C[C@@H]1C[C@]1(CC(=O)[C@@H]1C[C@@H]2CN1C(=O)[C@H](C(C)(C)C)NC(=O)c1sccc1/C=C/COc1ccc3c(c1)/C(=N/O2)c1ccccc1-3)C(=O)NS(=O)(=O)C1CC1. The number of hydrogen-bond acceptors (Lipinski definition) is 10. The van der Waals surface area contributed by atoms with Gasteiger partial charge in [0.25, 0.3) is 5.91 Å². The third-order valence-electron chi connectivity index (χ3n) is 11.4. The molecule has 14 heteroatoms. The van der Waals surface area contributed by atoms with Gasteiger partial charge in [-0.3, -0.25) is 23.9 Å². The van der Waals surface area contributed by atoms with Gasteiger partial charge in [0.05, 0.1) is 28.1 Å². The Morgan fingerprint density at radius 3 is 2.55 bits per heavy atom. The minimum atomic E-state index is -3.87. The summed E-state index contributed by atoms with van der Waals surface area (Å²) in [5.41, 5.74) is 2.79. The number of fused-ring (bicyclic) bond motifs is 7. The lowest BCUT2D eigenvalue weighted by Gasteiger charge is -2.35. The third kappa shape index (κ3) is 6.97. The fourth-order valence-electron chi connectivity index (χ4n) is 8.04. The number of nitrogens with one attached hydrogen (secondary N) is 2. The standard InChI is InChI=1S/C42H44N4O8S2/c1-5-25-21-42(25,40(50)45-56(51,52)28-13-14-28)22-34(47)33-20-27-23-46(33)39(49)37(41(2,3)4)43-38(48)36-24(16-18-55-36)9-8-17-53-26-12-15-30-29-10-6-7-11-31(29)35(44-54-27)32(30)19-26/h5-12,15-16,18-19,25,27-28,33,37H,1,13-14,17,20-23H2,2-4H3,(H,43,48)(H,45,50)/b9-8+,44-35+/t25-,27-,33+,37-,42-/m1/s1. The maximum absolute atomic E-state index is 14.8. The van der Waals surface area contributed by atoms with E-state index in [4.69, 9.17) is 9.57 Å². The largest absolute Gasteiger partial charge is 0.490 e. The van der Waals surface area contributed by atoms with Crippen LogP contribution in [0.15, 0.2) is 77.8 Å². The van der Waals surface area contributed by atoms with Gasteiger partial charge in [-0.05, 0) is 83.0 Å². The predicted octanol–water partition coefficient (Wildman–Crippen LogP) is 5.48. The minimum absolute atomic E-state index is 0.0146. The number of ether oxygens (including phenoxy) is 1. The summed E-state index contributed by atoms with van der Waals surface area (Å²) in [7, 11) is -3.87. The van der Waals surface area contributed by atoms with Gasteiger partial charge in [-0.15, -0.1) is 17.9 Å². The highest BCUT2D eigenvalue weighted by molar-refractivity contribution is 7.90. The molecule has 3 heterocycles. The van der Waals surface area contributed by atoms with Crippen molar-refractivity contribution in [3.05, 3.63) is 94.2 Å². The maximum atomic E-state index is 14.8. The second-order valence-corrected chi connectivity index (χ2v) is 19.3. The van der Waals surface area contributed by atoms with Gasteiger partial charge in [-0.2, -0.15) is 0 Å². The van der Waals surface area contributed by atoms with E-state index >= 15 is 0 Å². The number of rotatable bonds is 7. The summed E-state index contributed by atoms with van der Waals surface area (Å²) in [6, 6.07) is 13.4. The lowest BCUT2D eigenvalue weighted by Crippen LogP contribution is -2.57. The Morgan fingerprint density at radius 1 is 1.09 bits per heavy atom. The van der Waals surface area contributed by atoms with Crippen LogP contribution in [0.25, 0.3) is 17.2 Å². The van der Waals surface area contributed by atoms with Gasteiger partial charge >= 0.3 is 0 Å². The van der Waals surface area contributed by atoms with Crippen LogP contribution in [-0.2, 0) is 29.2 Å². The van der Waals surface area contributed by atoms with Gasteiger partial charge in [-0.1, -0.05) is 62.3 Å². The number of carbonyl (C=O) groups excluding carboxylic acids is 4. The highest BCUT2D eigenvalue weighted by atomic mass is 32.2. The third-order valence-corrected chi connectivity index (χ3v) is 14.2. The van der Waals surface area contributed by atoms with Gasteiger partial charge in [0.15, 0.2) is 5.78 Å². The molecule has 0 unspecified atom stereocenters. The van der Waals surface area contributed by atoms with Gasteiger partial charge in [-0.25, -0.2) is 8.42 Å². The van der Waals surface area contributed by atoms with E-state index < -0.39 is 73.7 Å². The first kappa shape index (κ1) is 37.8. The summed E-state index contributed by atoms with van der Waals surface area (Å²) in [6.07, 6.45) is 5.47. The van der Waals surface area contributed by atoms with Crippen molar-refractivity contribution in [3.63, 3.8) is 0 Å². The number of Topliss-reactive ketones (excluding diaryl/α,β-unsaturated/α-hetero) is 1. The van der Waals surface area contributed by atoms with E-state index in [-0.39, 0.29) is 32.4 Å². The predicted molar refractivity (Wildman–Crippen MR) is 213 cm³/mol. The first-order valence-electron chi connectivity index (χ1n) is 18.9. The van der Waals surface area contributed by atoms with E-state index in [2.05, 4.69) is 21.8 Å². The molecule has 2 N–H and O–H groups in total. The second kappa shape index (κ2) is 14.1. The number of oxime groups is 1. The molecule has 0 spiro atoms. The van der Waals surface area contributed by atoms with Crippen molar-refractivity contribution in [1.29, 1.82) is 0 Å². The van der Waals surface area contributed by atoms with Crippen LogP contribution in [0.3, 0.4) is 0 Å². The van der Waals surface area contributed by atoms with Crippen molar-refractivity contribution < 1.29 is 37.2 Å². The van der Waals surface area contributed by atoms with E-state index in [0.29, 0.717) is 34.7 Å². The molecule has 5 aliphatic rings. The van der Waals surface area contributed by atoms with Crippen molar-refractivity contribution >= 4 is 56.7 Å². The summed E-state index contributed by atoms with van der Waals surface area (Å²) >= 11 is 1.25. The summed E-state index contributed by atoms with van der Waals surface area (Å²) < 4.78 is 33.9. The van der Waals surface area contributed by atoms with Gasteiger partial charge in [0.1, 0.15) is 30.2 Å². The quantitative estimate of drug-likeness (QED) is 0.233. The van der Waals surface area contributed by atoms with Gasteiger partial charge in [0, 0.05) is 24.0 Å². The molecule has 2 aromatic carbocycles. The Labute approximate surface area is 330 Å². The van der Waals surface area contributed by atoms with E-state index in [1.54, 1.807) is 6.08 Å². The zero-order chi connectivity index (χ0) is 39.6. The number of hydrogen-bond donors (Lipinski definition) is 2. The average Bonchev–Trinajstić information content (AvgIpc) is 4.01. The van der Waals surface area contributed by atoms with E-state index in [9.17, 15) is 27.6 Å². The van der Waals surface area contributed by atoms with E-state index in [1.165, 1.54) is 16.2 Å². The van der Waals surface area contributed by atoms with Crippen LogP contribution in [0.2, 0.25) is 0 Å². The topological polar surface area (TPSA) is 161 Å². The molecule has 0 radical (unpaired) electrons. The number of nitrogens with zero attached hydrogens (tertiary/aromatic N) is 2. The zero-order valence-corrected chi connectivity index (χ0v) is 33.1. The van der Waals surface area contributed by atoms with Crippen LogP contribution < -0.4 is 14.8 Å². The van der Waals surface area contributed by atoms with Crippen LogP contribution in [0, 0.1) is 16.7 Å². The van der Waals surface area contributed by atoms with E-state index in [0.717, 1.165) is 22.3 Å². The molecule has 292 valence electrons. The smallest absolute Gasteiger partial charge is 0.262 e. The number of amides is 3. The molecule has 3 aromatic rings. The van der Waals surface area contributed by atoms with Crippen LogP contribution in [0.5, 0.6) is 5.75 Å². The molecule has 5 atom stereocenters. The molecule has 1 aromatic heterocycles. The average molecular weight is 797 g/mol. The number of carbonyl (C=O) groups is 4. The van der Waals surface area contributed by atoms with Crippen molar-refractivity contribution in [1.82, 2.24) is 14.9 Å². The fraction of sp³-hybridized carbons (Fsp3) is 0.405. The molecule has 3 amide bonds. The number of ketones is 1. The molecule has 8 rings (SSSR count). The first-order chi connectivity index (χ1) is 26.7. The molecular weight excluding hydrogens is 753 g/mol. The molecule has 2 aliphatic heterocycles. The molecule has 12 nitrogen and oxygen atoms in total. The Balaban J connectivity index is 1.16. The maximum Gasteiger partial charge on any atom is 0.262 e.